The van der Waals surface area contributed by atoms with Crippen molar-refractivity contribution in [3.05, 3.63) is 0 Å². The van der Waals surface area contributed by atoms with Crippen molar-refractivity contribution in [2.45, 2.75) is 51.1 Å². The fourth-order valence-corrected chi connectivity index (χ4v) is 2.94. The third-order valence-corrected chi connectivity index (χ3v) is 4.46. The Balaban J connectivity index is 1.98. The fourth-order valence-electron chi connectivity index (χ4n) is 2.94. The van der Waals surface area contributed by atoms with Crippen LogP contribution in [0.2, 0.25) is 0 Å². The van der Waals surface area contributed by atoms with E-state index in [-0.39, 0.29) is 11.9 Å². The van der Waals surface area contributed by atoms with Gasteiger partial charge >= 0.3 is 0 Å². The standard InChI is InChI=1S/C14H25N3O2/c1-14(2,17-9-5-12(18)6-10-17)13(19)16-7-3-11(15)4-8-16/h11H,3-10,15H2,1-2H3. The molecule has 1 amide bonds. The molecular weight excluding hydrogens is 242 g/mol. The highest BCUT2D eigenvalue weighted by atomic mass is 16.2. The predicted octanol–water partition coefficient (Wildman–Crippen LogP) is 0.380. The van der Waals surface area contributed by atoms with Gasteiger partial charge in [0.25, 0.3) is 0 Å². The number of nitrogens with two attached hydrogens (primary N) is 1. The average Bonchev–Trinajstić information content (AvgIpc) is 2.39. The molecule has 0 aromatic heterocycles. The van der Waals surface area contributed by atoms with Crippen LogP contribution < -0.4 is 5.73 Å². The summed E-state index contributed by atoms with van der Waals surface area (Å²) in [6, 6.07) is 0.236. The number of amides is 1. The molecule has 2 rings (SSSR count). The smallest absolute Gasteiger partial charge is 0.242 e. The summed E-state index contributed by atoms with van der Waals surface area (Å²) in [5.74, 6) is 0.484. The second-order valence-electron chi connectivity index (χ2n) is 6.21. The number of nitrogens with zero attached hydrogens (tertiary/aromatic N) is 2. The molecule has 0 aromatic carbocycles. The first-order chi connectivity index (χ1) is 8.91. The van der Waals surface area contributed by atoms with E-state index in [1.807, 2.05) is 18.7 Å². The third-order valence-electron chi connectivity index (χ3n) is 4.46. The van der Waals surface area contributed by atoms with Gasteiger partial charge < -0.3 is 10.6 Å². The Hall–Kier alpha value is -0.940. The maximum atomic E-state index is 12.7. The van der Waals surface area contributed by atoms with E-state index < -0.39 is 5.54 Å². The molecule has 0 aromatic rings. The van der Waals surface area contributed by atoms with E-state index in [0.717, 1.165) is 25.9 Å². The normalized spacial score (nSPS) is 23.7. The zero-order valence-corrected chi connectivity index (χ0v) is 12.0. The van der Waals surface area contributed by atoms with Crippen LogP contribution in [0, 0.1) is 0 Å². The Morgan fingerprint density at radius 1 is 1.16 bits per heavy atom. The predicted molar refractivity (Wildman–Crippen MR) is 73.7 cm³/mol. The quantitative estimate of drug-likeness (QED) is 0.785. The number of rotatable bonds is 2. The molecule has 5 heteroatoms. The van der Waals surface area contributed by atoms with E-state index >= 15 is 0 Å². The van der Waals surface area contributed by atoms with Gasteiger partial charge in [0.15, 0.2) is 0 Å². The number of likely N-dealkylation sites (tertiary alicyclic amines) is 2. The zero-order chi connectivity index (χ0) is 14.0. The Labute approximate surface area is 115 Å². The average molecular weight is 267 g/mol. The maximum absolute atomic E-state index is 12.7. The molecule has 5 nitrogen and oxygen atoms in total. The summed E-state index contributed by atoms with van der Waals surface area (Å²) in [4.78, 5) is 28.0. The maximum Gasteiger partial charge on any atom is 0.242 e. The Kier molecular flexibility index (Phi) is 4.26. The van der Waals surface area contributed by atoms with Crippen LogP contribution in [0.1, 0.15) is 39.5 Å². The molecular formula is C14H25N3O2. The molecule has 2 heterocycles. The molecule has 2 aliphatic rings. The third kappa shape index (κ3) is 3.15. The van der Waals surface area contributed by atoms with Gasteiger partial charge in [0.05, 0.1) is 5.54 Å². The number of hydrogen-bond acceptors (Lipinski definition) is 4. The van der Waals surface area contributed by atoms with Crippen molar-refractivity contribution < 1.29 is 9.59 Å². The van der Waals surface area contributed by atoms with Crippen molar-refractivity contribution >= 4 is 11.7 Å². The molecule has 2 fully saturated rings. The zero-order valence-electron chi connectivity index (χ0n) is 12.0. The number of hydrogen-bond donors (Lipinski definition) is 1. The van der Waals surface area contributed by atoms with Gasteiger partial charge in [-0.3, -0.25) is 14.5 Å². The number of carbonyl (C=O) groups is 2. The fraction of sp³-hybridized carbons (Fsp3) is 0.857. The molecule has 2 aliphatic heterocycles. The van der Waals surface area contributed by atoms with Crippen LogP contribution >= 0.6 is 0 Å². The van der Waals surface area contributed by atoms with Crippen LogP contribution in [-0.2, 0) is 9.59 Å². The van der Waals surface area contributed by atoms with Gasteiger partial charge in [-0.05, 0) is 26.7 Å². The van der Waals surface area contributed by atoms with Crippen molar-refractivity contribution in [3.8, 4) is 0 Å². The van der Waals surface area contributed by atoms with Crippen molar-refractivity contribution in [1.82, 2.24) is 9.80 Å². The van der Waals surface area contributed by atoms with Crippen molar-refractivity contribution in [2.24, 2.45) is 5.73 Å². The minimum atomic E-state index is -0.512. The minimum Gasteiger partial charge on any atom is -0.341 e. The molecule has 0 bridgehead atoms. The summed E-state index contributed by atoms with van der Waals surface area (Å²) >= 11 is 0. The lowest BCUT2D eigenvalue weighted by Crippen LogP contribution is -2.59. The summed E-state index contributed by atoms with van der Waals surface area (Å²) in [5.41, 5.74) is 5.37. The molecule has 108 valence electrons. The second kappa shape index (κ2) is 5.59. The highest BCUT2D eigenvalue weighted by Gasteiger charge is 2.39. The lowest BCUT2D eigenvalue weighted by Gasteiger charge is -2.43. The molecule has 0 aliphatic carbocycles. The number of Topliss-reactive ketones (excluding diaryl/α,β-unsaturated/α-hetero) is 1. The first-order valence-electron chi connectivity index (χ1n) is 7.23. The minimum absolute atomic E-state index is 0.175. The SMILES string of the molecule is CC(C)(C(=O)N1CCC(N)CC1)N1CCC(=O)CC1. The Morgan fingerprint density at radius 2 is 1.68 bits per heavy atom. The van der Waals surface area contributed by atoms with Crippen LogP contribution in [0.25, 0.3) is 0 Å². The van der Waals surface area contributed by atoms with Gasteiger partial charge in [-0.1, -0.05) is 0 Å². The van der Waals surface area contributed by atoms with Gasteiger partial charge in [0, 0.05) is 45.1 Å². The highest BCUT2D eigenvalue weighted by molar-refractivity contribution is 5.86. The second-order valence-corrected chi connectivity index (χ2v) is 6.21. The molecule has 0 radical (unpaired) electrons. The van der Waals surface area contributed by atoms with E-state index in [0.29, 0.717) is 31.7 Å². The first kappa shape index (κ1) is 14.5. The lowest BCUT2D eigenvalue weighted by atomic mass is 9.95. The van der Waals surface area contributed by atoms with Crippen LogP contribution in [0.4, 0.5) is 0 Å². The Morgan fingerprint density at radius 3 is 2.21 bits per heavy atom. The molecule has 0 spiro atoms. The summed E-state index contributed by atoms with van der Waals surface area (Å²) in [6.07, 6.45) is 2.92. The van der Waals surface area contributed by atoms with Crippen molar-refractivity contribution in [1.29, 1.82) is 0 Å². The molecule has 0 saturated carbocycles. The molecule has 2 saturated heterocycles. The number of carbonyl (C=O) groups excluding carboxylic acids is 2. The van der Waals surface area contributed by atoms with Crippen molar-refractivity contribution in [3.63, 3.8) is 0 Å². The van der Waals surface area contributed by atoms with Crippen LogP contribution in [0.5, 0.6) is 0 Å². The summed E-state index contributed by atoms with van der Waals surface area (Å²) in [5, 5.41) is 0. The van der Waals surface area contributed by atoms with Crippen LogP contribution in [0.15, 0.2) is 0 Å². The Bertz CT molecular complexity index is 350. The number of piperidine rings is 2. The lowest BCUT2D eigenvalue weighted by molar-refractivity contribution is -0.146. The van der Waals surface area contributed by atoms with E-state index in [1.165, 1.54) is 0 Å². The van der Waals surface area contributed by atoms with Gasteiger partial charge in [-0.15, -0.1) is 0 Å². The molecule has 2 N–H and O–H groups in total. The van der Waals surface area contributed by atoms with Crippen molar-refractivity contribution in [2.75, 3.05) is 26.2 Å². The van der Waals surface area contributed by atoms with Gasteiger partial charge in [-0.2, -0.15) is 0 Å². The topological polar surface area (TPSA) is 66.6 Å². The van der Waals surface area contributed by atoms with Gasteiger partial charge in [0.2, 0.25) is 5.91 Å². The van der Waals surface area contributed by atoms with Crippen LogP contribution in [-0.4, -0.2) is 59.3 Å². The molecule has 0 unspecified atom stereocenters. The highest BCUT2D eigenvalue weighted by Crippen LogP contribution is 2.23. The van der Waals surface area contributed by atoms with E-state index in [9.17, 15) is 9.59 Å². The van der Waals surface area contributed by atoms with E-state index in [2.05, 4.69) is 4.90 Å². The monoisotopic (exact) mass is 267 g/mol. The summed E-state index contributed by atoms with van der Waals surface area (Å²) < 4.78 is 0. The molecule has 19 heavy (non-hydrogen) atoms. The largest absolute Gasteiger partial charge is 0.341 e. The van der Waals surface area contributed by atoms with Gasteiger partial charge in [0.1, 0.15) is 5.78 Å². The van der Waals surface area contributed by atoms with Crippen LogP contribution in [0.3, 0.4) is 0 Å². The molecule has 0 atom stereocenters. The van der Waals surface area contributed by atoms with Gasteiger partial charge in [-0.25, -0.2) is 0 Å². The number of ketones is 1. The summed E-state index contributed by atoms with van der Waals surface area (Å²) in [7, 11) is 0. The summed E-state index contributed by atoms with van der Waals surface area (Å²) in [6.45, 7) is 6.86. The van der Waals surface area contributed by atoms with E-state index in [1.54, 1.807) is 0 Å². The van der Waals surface area contributed by atoms with E-state index in [4.69, 9.17) is 5.73 Å². The first-order valence-corrected chi connectivity index (χ1v) is 7.23.